The van der Waals surface area contributed by atoms with Crippen molar-refractivity contribution in [3.63, 3.8) is 0 Å². The summed E-state index contributed by atoms with van der Waals surface area (Å²) in [5.74, 6) is 1.65. The summed E-state index contributed by atoms with van der Waals surface area (Å²) in [6.45, 7) is 2.35. The van der Waals surface area contributed by atoms with E-state index in [4.69, 9.17) is 9.47 Å². The summed E-state index contributed by atoms with van der Waals surface area (Å²) in [4.78, 5) is 15.7. The maximum Gasteiger partial charge on any atom is 0.187 e. The molecule has 0 bridgehead atoms. The van der Waals surface area contributed by atoms with Crippen LogP contribution in [-0.2, 0) is 17.9 Å². The highest BCUT2D eigenvalue weighted by molar-refractivity contribution is 6.14. The summed E-state index contributed by atoms with van der Waals surface area (Å²) in [5, 5.41) is 8.61. The lowest BCUT2D eigenvalue weighted by Gasteiger charge is -2.26. The Labute approximate surface area is 222 Å². The van der Waals surface area contributed by atoms with Crippen LogP contribution in [0.1, 0.15) is 22.3 Å². The van der Waals surface area contributed by atoms with Crippen molar-refractivity contribution in [2.45, 2.75) is 13.1 Å². The highest BCUT2D eigenvalue weighted by atomic mass is 16.5. The Balaban J connectivity index is 1.43. The second-order valence-electron chi connectivity index (χ2n) is 9.39. The Morgan fingerprint density at radius 1 is 0.789 bits per heavy atom. The Hall–Kier alpha value is -4.43. The topological polar surface area (TPSA) is 74.4 Å². The van der Waals surface area contributed by atoms with Gasteiger partial charge in [0.2, 0.25) is 0 Å². The van der Waals surface area contributed by atoms with Crippen molar-refractivity contribution >= 4 is 17.9 Å². The molecule has 0 unspecified atom stereocenters. The van der Waals surface area contributed by atoms with E-state index >= 15 is 0 Å². The minimum Gasteiger partial charge on any atom is -0.496 e. The summed E-state index contributed by atoms with van der Waals surface area (Å²) in [6, 6.07) is 15.8. The molecule has 1 aliphatic heterocycles. The molecule has 2 aromatic heterocycles. The number of nitrogens with zero attached hydrogens (tertiary/aromatic N) is 5. The number of carbonyl (C=O) groups excluding carboxylic acids is 1. The van der Waals surface area contributed by atoms with Gasteiger partial charge in [-0.2, -0.15) is 10.2 Å². The number of hydrogen-bond acceptors (Lipinski definition) is 6. The first-order valence-corrected chi connectivity index (χ1v) is 12.5. The predicted molar refractivity (Wildman–Crippen MR) is 147 cm³/mol. The van der Waals surface area contributed by atoms with Crippen LogP contribution in [0.2, 0.25) is 0 Å². The number of likely N-dealkylation sites (tertiary alicyclic amines) is 1. The molecule has 0 amide bonds. The molecule has 2 aromatic carbocycles. The maximum atomic E-state index is 13.6. The second kappa shape index (κ2) is 11.3. The first-order valence-electron chi connectivity index (χ1n) is 12.5. The largest absolute Gasteiger partial charge is 0.496 e. The molecule has 0 N–H and O–H groups in total. The zero-order valence-electron chi connectivity index (χ0n) is 21.9. The number of ether oxygens (including phenoxy) is 2. The fourth-order valence-electron chi connectivity index (χ4n) is 4.77. The molecule has 38 heavy (non-hydrogen) atoms. The molecule has 1 fully saturated rings. The number of hydrogen-bond donors (Lipinski definition) is 0. The fraction of sp³-hybridized carbons (Fsp3) is 0.233. The fourth-order valence-corrected chi connectivity index (χ4v) is 4.77. The van der Waals surface area contributed by atoms with Crippen LogP contribution < -0.4 is 9.47 Å². The van der Waals surface area contributed by atoms with Gasteiger partial charge in [0.25, 0.3) is 0 Å². The van der Waals surface area contributed by atoms with Gasteiger partial charge in [-0.15, -0.1) is 0 Å². The van der Waals surface area contributed by atoms with Crippen LogP contribution in [0.5, 0.6) is 11.5 Å². The van der Waals surface area contributed by atoms with Crippen molar-refractivity contribution in [1.82, 2.24) is 24.5 Å². The summed E-state index contributed by atoms with van der Waals surface area (Å²) >= 11 is 0. The molecular formula is C30H31N5O3. The number of ketones is 1. The third-order valence-corrected chi connectivity index (χ3v) is 6.54. The van der Waals surface area contributed by atoms with Gasteiger partial charge in [0, 0.05) is 60.1 Å². The minimum absolute atomic E-state index is 0.0667. The van der Waals surface area contributed by atoms with Crippen molar-refractivity contribution in [3.05, 3.63) is 107 Å². The zero-order valence-corrected chi connectivity index (χ0v) is 21.9. The summed E-state index contributed by atoms with van der Waals surface area (Å²) in [6.07, 6.45) is 11.3. The van der Waals surface area contributed by atoms with Gasteiger partial charge in [-0.1, -0.05) is 12.1 Å². The molecule has 0 aliphatic carbocycles. The second-order valence-corrected chi connectivity index (χ2v) is 9.39. The molecule has 1 aliphatic rings. The molecule has 8 heteroatoms. The lowest BCUT2D eigenvalue weighted by molar-refractivity contribution is -0.113. The number of likely N-dealkylation sites (N-methyl/N-ethyl adjacent to an activating group) is 1. The quantitative estimate of drug-likeness (QED) is 0.332. The van der Waals surface area contributed by atoms with Gasteiger partial charge in [-0.3, -0.25) is 19.1 Å². The maximum absolute atomic E-state index is 13.6. The van der Waals surface area contributed by atoms with Crippen molar-refractivity contribution in [2.24, 2.45) is 0 Å². The molecule has 1 saturated heterocycles. The molecule has 0 saturated carbocycles. The van der Waals surface area contributed by atoms with Gasteiger partial charge in [0.05, 0.1) is 27.3 Å². The monoisotopic (exact) mass is 509 g/mol. The van der Waals surface area contributed by atoms with Crippen molar-refractivity contribution in [2.75, 3.05) is 34.4 Å². The first-order chi connectivity index (χ1) is 18.5. The Morgan fingerprint density at radius 3 is 1.66 bits per heavy atom. The van der Waals surface area contributed by atoms with E-state index in [1.54, 1.807) is 26.6 Å². The SMILES string of the molecule is COc1ccc(/C=C2\CN(C)C/C(=C\c3ccc(OC)c(Cn4cccn4)c3)C2=O)cc1Cn1cccn1. The van der Waals surface area contributed by atoms with E-state index in [0.29, 0.717) is 26.2 Å². The van der Waals surface area contributed by atoms with Crippen LogP contribution >= 0.6 is 0 Å². The molecule has 4 aromatic rings. The van der Waals surface area contributed by atoms with Crippen LogP contribution in [-0.4, -0.2) is 64.6 Å². The minimum atomic E-state index is 0.0667. The Kier molecular flexibility index (Phi) is 7.51. The molecule has 5 rings (SSSR count). The average Bonchev–Trinajstić information content (AvgIpc) is 3.62. The first kappa shape index (κ1) is 25.2. The van der Waals surface area contributed by atoms with Crippen LogP contribution in [0.15, 0.2) is 84.5 Å². The van der Waals surface area contributed by atoms with Crippen molar-refractivity contribution < 1.29 is 14.3 Å². The number of Topliss-reactive ketones (excluding diaryl/α,β-unsaturated/α-hetero) is 1. The highest BCUT2D eigenvalue weighted by Crippen LogP contribution is 2.27. The number of piperidine rings is 1. The molecular weight excluding hydrogens is 478 g/mol. The number of benzene rings is 2. The van der Waals surface area contributed by atoms with Gasteiger partial charge in [0.1, 0.15) is 11.5 Å². The van der Waals surface area contributed by atoms with Gasteiger partial charge < -0.3 is 9.47 Å². The normalized spacial score (nSPS) is 16.3. The number of methoxy groups -OCH3 is 2. The van der Waals surface area contributed by atoms with Gasteiger partial charge in [-0.25, -0.2) is 0 Å². The highest BCUT2D eigenvalue weighted by Gasteiger charge is 2.24. The van der Waals surface area contributed by atoms with Crippen LogP contribution in [0.3, 0.4) is 0 Å². The standard InChI is InChI=1S/C30H31N5O3/c1-33-18-26(16-22-6-8-28(37-2)24(14-22)20-34-12-4-10-31-34)30(36)27(19-33)17-23-7-9-29(38-3)25(15-23)21-35-13-5-11-32-35/h4-17H,18-21H2,1-3H3/b26-16+,27-17+. The van der Waals surface area contributed by atoms with E-state index in [1.165, 1.54) is 0 Å². The zero-order chi connectivity index (χ0) is 26.5. The molecule has 8 nitrogen and oxygen atoms in total. The van der Waals surface area contributed by atoms with E-state index in [0.717, 1.165) is 44.9 Å². The lowest BCUT2D eigenvalue weighted by Crippen LogP contribution is -2.34. The molecule has 3 heterocycles. The van der Waals surface area contributed by atoms with Crippen molar-refractivity contribution in [1.29, 1.82) is 0 Å². The van der Waals surface area contributed by atoms with Crippen LogP contribution in [0.25, 0.3) is 12.2 Å². The van der Waals surface area contributed by atoms with Gasteiger partial charge >= 0.3 is 0 Å². The summed E-state index contributed by atoms with van der Waals surface area (Å²) < 4.78 is 14.8. The van der Waals surface area contributed by atoms with E-state index < -0.39 is 0 Å². The van der Waals surface area contributed by atoms with Gasteiger partial charge in [0.15, 0.2) is 5.78 Å². The summed E-state index contributed by atoms with van der Waals surface area (Å²) in [7, 11) is 5.36. The Bertz CT molecular complexity index is 1360. The third-order valence-electron chi connectivity index (χ3n) is 6.54. The molecule has 0 spiro atoms. The van der Waals surface area contributed by atoms with Crippen LogP contribution in [0, 0.1) is 0 Å². The third kappa shape index (κ3) is 5.76. The lowest BCUT2D eigenvalue weighted by atomic mass is 9.94. The van der Waals surface area contributed by atoms with E-state index in [1.807, 2.05) is 77.4 Å². The van der Waals surface area contributed by atoms with E-state index in [-0.39, 0.29) is 5.78 Å². The van der Waals surface area contributed by atoms with Gasteiger partial charge in [-0.05, 0) is 66.7 Å². The predicted octanol–water partition coefficient (Wildman–Crippen LogP) is 4.17. The number of aromatic nitrogens is 4. The van der Waals surface area contributed by atoms with E-state index in [2.05, 4.69) is 27.2 Å². The Morgan fingerprint density at radius 2 is 1.26 bits per heavy atom. The average molecular weight is 510 g/mol. The molecule has 0 atom stereocenters. The smallest absolute Gasteiger partial charge is 0.187 e. The molecule has 0 radical (unpaired) electrons. The molecule has 194 valence electrons. The van der Waals surface area contributed by atoms with Crippen molar-refractivity contribution in [3.8, 4) is 11.5 Å². The van der Waals surface area contributed by atoms with E-state index in [9.17, 15) is 4.79 Å². The summed E-state index contributed by atoms with van der Waals surface area (Å²) in [5.41, 5.74) is 5.42. The van der Waals surface area contributed by atoms with Crippen LogP contribution in [0.4, 0.5) is 0 Å². The number of rotatable bonds is 8. The number of carbonyl (C=O) groups is 1.